The Kier molecular flexibility index (Phi) is 9.75. The highest BCUT2D eigenvalue weighted by atomic mass is 79.9. The van der Waals surface area contributed by atoms with E-state index in [9.17, 15) is 18.3 Å². The van der Waals surface area contributed by atoms with E-state index in [0.29, 0.717) is 27.2 Å². The molecule has 0 radical (unpaired) electrons. The van der Waals surface area contributed by atoms with E-state index in [1.165, 1.54) is 24.4 Å². The number of carbonyl (C=O) groups excluding carboxylic acids is 1. The fourth-order valence-corrected chi connectivity index (χ4v) is 5.21. The minimum Gasteiger partial charge on any atom is -0.504 e. The van der Waals surface area contributed by atoms with Gasteiger partial charge in [-0.3, -0.25) is 4.79 Å². The van der Waals surface area contributed by atoms with E-state index in [1.807, 2.05) is 0 Å². The Hall–Kier alpha value is -2.63. The number of phenolic OH excluding ortho intramolecular Hbond substituents is 1. The van der Waals surface area contributed by atoms with Crippen molar-refractivity contribution in [2.24, 2.45) is 5.10 Å². The average Bonchev–Trinajstić information content (AvgIpc) is 2.83. The first-order valence-corrected chi connectivity index (χ1v) is 13.6. The number of benzene rings is 3. The van der Waals surface area contributed by atoms with Gasteiger partial charge in [-0.15, -0.1) is 0 Å². The van der Waals surface area contributed by atoms with Gasteiger partial charge in [0.1, 0.15) is 0 Å². The summed E-state index contributed by atoms with van der Waals surface area (Å²) in [6.07, 6.45) is 1.24. The van der Waals surface area contributed by atoms with E-state index in [2.05, 4.69) is 26.5 Å². The van der Waals surface area contributed by atoms with Crippen molar-refractivity contribution in [3.63, 3.8) is 0 Å². The lowest BCUT2D eigenvalue weighted by Crippen LogP contribution is -2.39. The fraction of sp³-hybridized carbons (Fsp3) is 0.167. The molecule has 0 aliphatic carbocycles. The monoisotopic (exact) mass is 613 g/mol. The van der Waals surface area contributed by atoms with E-state index in [-0.39, 0.29) is 28.0 Å². The first-order chi connectivity index (χ1) is 17.1. The maximum absolute atomic E-state index is 13.4. The largest absolute Gasteiger partial charge is 0.504 e. The molecule has 0 saturated carbocycles. The summed E-state index contributed by atoms with van der Waals surface area (Å²) in [5, 5.41) is 14.8. The molecule has 36 heavy (non-hydrogen) atoms. The smallest absolute Gasteiger partial charge is 0.255 e. The Morgan fingerprint density at radius 1 is 1.17 bits per heavy atom. The van der Waals surface area contributed by atoms with Crippen molar-refractivity contribution in [3.05, 3.63) is 86.3 Å². The number of sulfonamides is 1. The van der Waals surface area contributed by atoms with E-state index in [1.54, 1.807) is 49.4 Å². The molecule has 0 aliphatic heterocycles. The van der Waals surface area contributed by atoms with Crippen molar-refractivity contribution >= 4 is 61.3 Å². The Labute approximate surface area is 227 Å². The number of halogens is 3. The number of nitrogens with zero attached hydrogens (tertiary/aromatic N) is 2. The molecule has 1 amide bonds. The standard InChI is InChI=1S/C24H22BrCl2N3O5S/c1-2-35-22-5-3-4-16(24(22)32)13-28-29-23(31)15-30(14-17-6-9-19(26)12-21(17)27)36(33,34)20-10-7-18(25)8-11-20/h3-13,32H,2,14-15H2,1H3,(H,29,31)/b28-13+. The van der Waals surface area contributed by atoms with Gasteiger partial charge in [-0.2, -0.15) is 9.41 Å². The maximum atomic E-state index is 13.4. The number of hydrazone groups is 1. The second-order valence-electron chi connectivity index (χ2n) is 7.38. The Morgan fingerprint density at radius 2 is 1.89 bits per heavy atom. The van der Waals surface area contributed by atoms with Gasteiger partial charge >= 0.3 is 0 Å². The topological polar surface area (TPSA) is 108 Å². The lowest BCUT2D eigenvalue weighted by molar-refractivity contribution is -0.121. The number of amides is 1. The quantitative estimate of drug-likeness (QED) is 0.241. The van der Waals surface area contributed by atoms with Crippen LogP contribution in [-0.2, 0) is 21.4 Å². The van der Waals surface area contributed by atoms with Gasteiger partial charge in [0.15, 0.2) is 11.5 Å². The Morgan fingerprint density at radius 3 is 2.56 bits per heavy atom. The molecule has 0 spiro atoms. The van der Waals surface area contributed by atoms with Crippen molar-refractivity contribution in [2.75, 3.05) is 13.2 Å². The third-order valence-electron chi connectivity index (χ3n) is 4.86. The summed E-state index contributed by atoms with van der Waals surface area (Å²) in [6.45, 7) is 1.43. The number of hydrogen-bond donors (Lipinski definition) is 2. The number of aromatic hydroxyl groups is 1. The molecule has 0 atom stereocenters. The molecule has 3 aromatic rings. The van der Waals surface area contributed by atoms with Crippen molar-refractivity contribution in [1.82, 2.24) is 9.73 Å². The van der Waals surface area contributed by atoms with Gasteiger partial charge in [0.2, 0.25) is 10.0 Å². The van der Waals surface area contributed by atoms with Gasteiger partial charge in [-0.25, -0.2) is 13.8 Å². The minimum absolute atomic E-state index is 0.00440. The maximum Gasteiger partial charge on any atom is 0.255 e. The average molecular weight is 615 g/mol. The van der Waals surface area contributed by atoms with Gasteiger partial charge in [0.25, 0.3) is 5.91 Å². The summed E-state index contributed by atoms with van der Waals surface area (Å²) in [7, 11) is -4.08. The predicted molar refractivity (Wildman–Crippen MR) is 143 cm³/mol. The molecule has 0 fully saturated rings. The van der Waals surface area contributed by atoms with Crippen LogP contribution in [0.25, 0.3) is 0 Å². The highest BCUT2D eigenvalue weighted by Crippen LogP contribution is 2.29. The molecular weight excluding hydrogens is 593 g/mol. The number of hydrogen-bond acceptors (Lipinski definition) is 6. The minimum atomic E-state index is -4.08. The zero-order chi connectivity index (χ0) is 26.3. The summed E-state index contributed by atoms with van der Waals surface area (Å²) < 4.78 is 33.8. The van der Waals surface area contributed by atoms with Crippen LogP contribution in [-0.4, -0.2) is 43.1 Å². The van der Waals surface area contributed by atoms with Crippen LogP contribution in [0, 0.1) is 0 Å². The number of nitrogens with one attached hydrogen (secondary N) is 1. The molecule has 190 valence electrons. The molecule has 3 rings (SSSR count). The van der Waals surface area contributed by atoms with Crippen molar-refractivity contribution in [2.45, 2.75) is 18.4 Å². The van der Waals surface area contributed by atoms with Gasteiger partial charge in [-0.05, 0) is 61.0 Å². The van der Waals surface area contributed by atoms with Crippen LogP contribution >= 0.6 is 39.1 Å². The number of rotatable bonds is 10. The second-order valence-corrected chi connectivity index (χ2v) is 11.1. The number of ether oxygens (including phenoxy) is 1. The Balaban J connectivity index is 1.82. The molecule has 3 aromatic carbocycles. The normalized spacial score (nSPS) is 11.7. The van der Waals surface area contributed by atoms with Crippen LogP contribution in [0.4, 0.5) is 0 Å². The lowest BCUT2D eigenvalue weighted by Gasteiger charge is -2.22. The lowest BCUT2D eigenvalue weighted by atomic mass is 10.2. The van der Waals surface area contributed by atoms with Crippen molar-refractivity contribution in [1.29, 1.82) is 0 Å². The molecule has 0 saturated heterocycles. The van der Waals surface area contributed by atoms with E-state index < -0.39 is 22.5 Å². The highest BCUT2D eigenvalue weighted by Gasteiger charge is 2.27. The van der Waals surface area contributed by atoms with Crippen LogP contribution in [0.2, 0.25) is 10.0 Å². The second kappa shape index (κ2) is 12.6. The molecule has 0 aliphatic rings. The Bertz CT molecular complexity index is 1370. The van der Waals surface area contributed by atoms with Gasteiger partial charge < -0.3 is 9.84 Å². The molecule has 0 aromatic heterocycles. The third kappa shape index (κ3) is 7.21. The van der Waals surface area contributed by atoms with Crippen LogP contribution in [0.5, 0.6) is 11.5 Å². The van der Waals surface area contributed by atoms with Crippen LogP contribution in [0.1, 0.15) is 18.1 Å². The third-order valence-corrected chi connectivity index (χ3v) is 7.78. The summed E-state index contributed by atoms with van der Waals surface area (Å²) >= 11 is 15.5. The van der Waals surface area contributed by atoms with Crippen molar-refractivity contribution < 1.29 is 23.1 Å². The first kappa shape index (κ1) is 27.9. The first-order valence-electron chi connectivity index (χ1n) is 10.6. The fourth-order valence-electron chi connectivity index (χ4n) is 3.11. The molecule has 0 unspecified atom stereocenters. The number of carbonyl (C=O) groups is 1. The summed E-state index contributed by atoms with van der Waals surface area (Å²) in [5.74, 6) is -0.550. The van der Waals surface area contributed by atoms with Crippen LogP contribution < -0.4 is 10.2 Å². The summed E-state index contributed by atoms with van der Waals surface area (Å²) in [6, 6.07) is 15.6. The van der Waals surface area contributed by atoms with Gasteiger partial charge in [0, 0.05) is 26.6 Å². The highest BCUT2D eigenvalue weighted by molar-refractivity contribution is 9.10. The molecule has 2 N–H and O–H groups in total. The van der Waals surface area contributed by atoms with Gasteiger partial charge in [-0.1, -0.05) is 51.3 Å². The summed E-state index contributed by atoms with van der Waals surface area (Å²) in [4.78, 5) is 12.7. The van der Waals surface area contributed by atoms with Crippen LogP contribution in [0.15, 0.2) is 75.1 Å². The van der Waals surface area contributed by atoms with E-state index in [4.69, 9.17) is 27.9 Å². The van der Waals surface area contributed by atoms with Crippen molar-refractivity contribution in [3.8, 4) is 11.5 Å². The van der Waals surface area contributed by atoms with Crippen LogP contribution in [0.3, 0.4) is 0 Å². The number of phenols is 1. The zero-order valence-electron chi connectivity index (χ0n) is 19.0. The van der Waals surface area contributed by atoms with Gasteiger partial charge in [0.05, 0.1) is 24.3 Å². The molecular formula is C24H22BrCl2N3O5S. The zero-order valence-corrected chi connectivity index (χ0v) is 22.9. The number of para-hydroxylation sites is 1. The molecule has 0 bridgehead atoms. The summed E-state index contributed by atoms with van der Waals surface area (Å²) in [5.41, 5.74) is 3.08. The molecule has 0 heterocycles. The molecule has 8 nitrogen and oxygen atoms in total. The van der Waals surface area contributed by atoms with E-state index in [0.717, 1.165) is 4.31 Å². The molecule has 12 heteroatoms. The van der Waals surface area contributed by atoms with E-state index >= 15 is 0 Å². The predicted octanol–water partition coefficient (Wildman–Crippen LogP) is 5.20. The SMILES string of the molecule is CCOc1cccc(/C=N/NC(=O)CN(Cc2ccc(Cl)cc2Cl)S(=O)(=O)c2ccc(Br)cc2)c1O.